The van der Waals surface area contributed by atoms with Crippen molar-refractivity contribution in [3.05, 3.63) is 81.4 Å². The summed E-state index contributed by atoms with van der Waals surface area (Å²) in [4.78, 5) is 34.4. The second-order valence-corrected chi connectivity index (χ2v) is 9.51. The quantitative estimate of drug-likeness (QED) is 0.444. The molecular weight excluding hydrogens is 527 g/mol. The van der Waals surface area contributed by atoms with Crippen LogP contribution in [-0.2, 0) is 22.3 Å². The van der Waals surface area contributed by atoms with Gasteiger partial charge >= 0.3 is 6.18 Å². The normalized spacial score (nSPS) is 17.1. The molecule has 1 saturated heterocycles. The summed E-state index contributed by atoms with van der Waals surface area (Å²) < 4.78 is 47.2. The number of nitrogens with zero attached hydrogens (tertiary/aromatic N) is 6. The van der Waals surface area contributed by atoms with Crippen molar-refractivity contribution >= 4 is 17.4 Å². The number of amides is 1. The number of carbonyl (C=O) groups excluding carboxylic acids is 1. The van der Waals surface area contributed by atoms with E-state index in [-0.39, 0.29) is 37.8 Å². The molecule has 3 aromatic rings. The van der Waals surface area contributed by atoms with Gasteiger partial charge in [-0.3, -0.25) is 9.59 Å². The molecule has 0 spiro atoms. The molecule has 1 aromatic carbocycles. The maximum atomic E-state index is 13.8. The van der Waals surface area contributed by atoms with Crippen molar-refractivity contribution < 1.29 is 22.7 Å². The lowest BCUT2D eigenvalue weighted by Gasteiger charge is -2.35. The lowest BCUT2D eigenvalue weighted by atomic mass is 10.1. The summed E-state index contributed by atoms with van der Waals surface area (Å²) in [5.41, 5.74) is -0.805. The van der Waals surface area contributed by atoms with Gasteiger partial charge in [0, 0.05) is 38.9 Å². The Bertz CT molecular complexity index is 1460. The first-order valence-electron chi connectivity index (χ1n) is 12.7. The molecule has 5 rings (SSSR count). The molecule has 0 aliphatic carbocycles. The number of ether oxygens (including phenoxy) is 1. The topological polar surface area (TPSA) is 118 Å². The van der Waals surface area contributed by atoms with Crippen LogP contribution in [0.25, 0.3) is 0 Å². The van der Waals surface area contributed by atoms with Crippen molar-refractivity contribution in [3.63, 3.8) is 0 Å². The zero-order valence-electron chi connectivity index (χ0n) is 21.4. The maximum absolute atomic E-state index is 13.8. The molecule has 0 radical (unpaired) electrons. The zero-order valence-corrected chi connectivity index (χ0v) is 21.4. The highest BCUT2D eigenvalue weighted by Crippen LogP contribution is 2.42. The monoisotopic (exact) mass is 553 g/mol. The molecule has 1 amide bonds. The Morgan fingerprint density at radius 3 is 2.60 bits per heavy atom. The van der Waals surface area contributed by atoms with Gasteiger partial charge in [-0.15, -0.1) is 0 Å². The Balaban J connectivity index is 1.18. The number of hydrogen-bond donors (Lipinski definition) is 1. The van der Waals surface area contributed by atoms with Gasteiger partial charge in [-0.2, -0.15) is 23.5 Å². The first-order chi connectivity index (χ1) is 19.3. The predicted molar refractivity (Wildman–Crippen MR) is 138 cm³/mol. The minimum atomic E-state index is -4.86. The Labute approximate surface area is 227 Å². The highest BCUT2D eigenvalue weighted by atomic mass is 19.4. The summed E-state index contributed by atoms with van der Waals surface area (Å²) in [6.45, 7) is 2.53. The van der Waals surface area contributed by atoms with Crippen LogP contribution in [0.1, 0.15) is 34.7 Å². The molecule has 13 heteroatoms. The van der Waals surface area contributed by atoms with E-state index in [2.05, 4.69) is 10.1 Å². The van der Waals surface area contributed by atoms with E-state index in [0.717, 1.165) is 23.1 Å². The van der Waals surface area contributed by atoms with E-state index in [9.17, 15) is 22.8 Å². The van der Waals surface area contributed by atoms with Crippen LogP contribution in [-0.4, -0.2) is 65.4 Å². The van der Waals surface area contributed by atoms with E-state index in [1.54, 1.807) is 29.2 Å². The molecule has 40 heavy (non-hydrogen) atoms. The summed E-state index contributed by atoms with van der Waals surface area (Å²) in [6.07, 6.45) is -2.20. The number of fused-ring (bicyclic) bond motifs is 1. The van der Waals surface area contributed by atoms with Crippen LogP contribution < -0.4 is 15.4 Å². The van der Waals surface area contributed by atoms with Crippen LogP contribution in [0.15, 0.2) is 53.6 Å². The molecule has 208 valence electrons. The second-order valence-electron chi connectivity index (χ2n) is 9.51. The van der Waals surface area contributed by atoms with E-state index < -0.39 is 23.3 Å². The second kappa shape index (κ2) is 11.4. The molecule has 2 aliphatic rings. The third-order valence-corrected chi connectivity index (χ3v) is 7.13. The Kier molecular flexibility index (Phi) is 7.70. The van der Waals surface area contributed by atoms with Crippen molar-refractivity contribution in [2.45, 2.75) is 25.2 Å². The summed E-state index contributed by atoms with van der Waals surface area (Å²) >= 11 is 0. The van der Waals surface area contributed by atoms with Gasteiger partial charge in [-0.05, 0) is 23.3 Å². The third kappa shape index (κ3) is 5.62. The molecule has 0 bridgehead atoms. The fourth-order valence-corrected chi connectivity index (χ4v) is 5.11. The number of hydrogen-bond acceptors (Lipinski definition) is 8. The van der Waals surface area contributed by atoms with Crippen molar-refractivity contribution in [3.8, 4) is 6.07 Å². The molecule has 1 atom stereocenters. The molecule has 2 aromatic heterocycles. The van der Waals surface area contributed by atoms with Crippen molar-refractivity contribution in [1.29, 1.82) is 5.26 Å². The highest BCUT2D eigenvalue weighted by molar-refractivity contribution is 5.76. The van der Waals surface area contributed by atoms with Gasteiger partial charge in [0.15, 0.2) is 0 Å². The van der Waals surface area contributed by atoms with Crippen molar-refractivity contribution in [1.82, 2.24) is 20.1 Å². The van der Waals surface area contributed by atoms with E-state index in [1.807, 2.05) is 28.2 Å². The molecule has 2 aliphatic heterocycles. The fourth-order valence-electron chi connectivity index (χ4n) is 5.11. The molecule has 0 unspecified atom stereocenters. The largest absolute Gasteiger partial charge is 0.423 e. The molecule has 4 heterocycles. The first-order valence-corrected chi connectivity index (χ1v) is 12.7. The predicted octanol–water partition coefficient (Wildman–Crippen LogP) is 2.87. The Morgan fingerprint density at radius 1 is 1.12 bits per heavy atom. The van der Waals surface area contributed by atoms with E-state index in [0.29, 0.717) is 31.7 Å². The first kappa shape index (κ1) is 27.1. The number of nitriles is 1. The fraction of sp³-hybridized carbons (Fsp3) is 0.370. The number of halogens is 3. The van der Waals surface area contributed by atoms with Crippen LogP contribution in [0.2, 0.25) is 0 Å². The van der Waals surface area contributed by atoms with Gasteiger partial charge in [0.05, 0.1) is 43.1 Å². The van der Waals surface area contributed by atoms with Crippen LogP contribution in [0.5, 0.6) is 0 Å². The van der Waals surface area contributed by atoms with Crippen LogP contribution >= 0.6 is 0 Å². The summed E-state index contributed by atoms with van der Waals surface area (Å²) in [5, 5.41) is 14.4. The van der Waals surface area contributed by atoms with Gasteiger partial charge in [-0.25, -0.2) is 10.1 Å². The minimum absolute atomic E-state index is 0.0343. The minimum Gasteiger partial charge on any atom is -0.378 e. The van der Waals surface area contributed by atoms with Crippen LogP contribution in [0.4, 0.5) is 24.7 Å². The number of carbonyl (C=O) groups is 1. The van der Waals surface area contributed by atoms with E-state index in [4.69, 9.17) is 10.00 Å². The molecule has 1 fully saturated rings. The summed E-state index contributed by atoms with van der Waals surface area (Å²) in [6, 6.07) is 12.2. The summed E-state index contributed by atoms with van der Waals surface area (Å²) in [5.74, 6) is 0.675. The molecule has 10 nitrogen and oxygen atoms in total. The zero-order chi connectivity index (χ0) is 28.3. The maximum Gasteiger partial charge on any atom is 0.423 e. The van der Waals surface area contributed by atoms with Crippen LogP contribution in [0, 0.1) is 11.3 Å². The van der Waals surface area contributed by atoms with E-state index in [1.165, 1.54) is 11.1 Å². The number of pyridine rings is 1. The number of nitrogens with one attached hydrogen (secondary N) is 1. The highest BCUT2D eigenvalue weighted by Gasteiger charge is 2.41. The van der Waals surface area contributed by atoms with Crippen molar-refractivity contribution in [2.24, 2.45) is 0 Å². The van der Waals surface area contributed by atoms with Crippen LogP contribution in [0.3, 0.4) is 0 Å². The lowest BCUT2D eigenvalue weighted by Crippen LogP contribution is -2.49. The average molecular weight is 554 g/mol. The SMILES string of the molecule is N#Cc1ccc(N2CCN(C(=O)CCOC[C@@H]3c4ccccc4CN3c3cn[nH]c(=O)c3C(F)(F)F)CC2)nc1. The molecule has 1 N–H and O–H groups in total. The number of rotatable bonds is 7. The number of benzene rings is 1. The Morgan fingerprint density at radius 2 is 1.90 bits per heavy atom. The number of H-pyrrole nitrogens is 1. The molecular formula is C27H26F3N7O3. The van der Waals surface area contributed by atoms with Gasteiger partial charge in [-0.1, -0.05) is 24.3 Å². The number of aromatic nitrogens is 3. The van der Waals surface area contributed by atoms with Gasteiger partial charge < -0.3 is 19.4 Å². The number of alkyl halides is 3. The standard InChI is InChI=1S/C27H26F3N7O3/c28-27(29,30)25-21(15-33-34-26(25)39)37-16-19-3-1-2-4-20(19)22(37)17-40-12-7-24(38)36-10-8-35(9-11-36)23-6-5-18(13-31)14-32-23/h1-6,14-15,22H,7-12,16-17H2,(H,34,39)/t22-/m1/s1. The van der Waals surface area contributed by atoms with Crippen molar-refractivity contribution in [2.75, 3.05) is 49.2 Å². The Hall–Kier alpha value is -4.44. The van der Waals surface area contributed by atoms with Gasteiger partial charge in [0.1, 0.15) is 17.5 Å². The van der Waals surface area contributed by atoms with Gasteiger partial charge in [0.2, 0.25) is 5.91 Å². The molecule has 0 saturated carbocycles. The average Bonchev–Trinajstić information content (AvgIpc) is 3.33. The summed E-state index contributed by atoms with van der Waals surface area (Å²) in [7, 11) is 0. The number of piperazine rings is 1. The number of anilines is 2. The smallest absolute Gasteiger partial charge is 0.378 e. The van der Waals surface area contributed by atoms with Gasteiger partial charge in [0.25, 0.3) is 5.56 Å². The third-order valence-electron chi connectivity index (χ3n) is 7.13. The lowest BCUT2D eigenvalue weighted by molar-refractivity contribution is -0.138. The van der Waals surface area contributed by atoms with E-state index >= 15 is 0 Å². The number of aromatic amines is 1.